The second-order valence-corrected chi connectivity index (χ2v) is 6.76. The van der Waals surface area contributed by atoms with Gasteiger partial charge in [0.25, 0.3) is 5.91 Å². The first-order chi connectivity index (χ1) is 14.4. The van der Waals surface area contributed by atoms with Gasteiger partial charge in [-0.25, -0.2) is 0 Å². The van der Waals surface area contributed by atoms with Crippen LogP contribution in [-0.2, 0) is 10.9 Å². The topological polar surface area (TPSA) is 42.1 Å². The summed E-state index contributed by atoms with van der Waals surface area (Å²) in [6.07, 6.45) is -4.89. The zero-order chi connectivity index (χ0) is 21.1. The van der Waals surface area contributed by atoms with E-state index >= 15 is 0 Å². The predicted molar refractivity (Wildman–Crippen MR) is 106 cm³/mol. The Morgan fingerprint density at radius 2 is 1.60 bits per heavy atom. The third-order valence-corrected chi connectivity index (χ3v) is 4.59. The molecule has 3 aromatic rings. The minimum atomic E-state index is -4.64. The summed E-state index contributed by atoms with van der Waals surface area (Å²) in [5, 5.41) is 0. The molecule has 4 nitrogen and oxygen atoms in total. The van der Waals surface area contributed by atoms with Crippen LogP contribution in [0.4, 0.5) is 24.5 Å². The number of ether oxygens (including phenoxy) is 2. The highest BCUT2D eigenvalue weighted by atomic mass is 19.4. The van der Waals surface area contributed by atoms with Crippen molar-refractivity contribution in [2.24, 2.45) is 0 Å². The van der Waals surface area contributed by atoms with E-state index in [1.54, 1.807) is 60.7 Å². The Hall–Kier alpha value is -3.32. The van der Waals surface area contributed by atoms with E-state index in [4.69, 9.17) is 9.47 Å². The van der Waals surface area contributed by atoms with Crippen LogP contribution < -0.4 is 9.64 Å². The lowest BCUT2D eigenvalue weighted by molar-refractivity contribution is -0.138. The molecule has 0 radical (unpaired) electrons. The number of anilines is 2. The van der Waals surface area contributed by atoms with Gasteiger partial charge in [0.15, 0.2) is 5.75 Å². The molecule has 7 heteroatoms. The van der Waals surface area contributed by atoms with E-state index in [1.165, 1.54) is 17.0 Å². The van der Waals surface area contributed by atoms with Crippen molar-refractivity contribution in [3.8, 4) is 5.75 Å². The van der Waals surface area contributed by atoms with Crippen LogP contribution in [0.25, 0.3) is 0 Å². The van der Waals surface area contributed by atoms with Gasteiger partial charge in [0, 0.05) is 11.3 Å². The molecule has 0 bridgehead atoms. The fraction of sp³-hybridized carbons (Fsp3) is 0.174. The van der Waals surface area contributed by atoms with Crippen molar-refractivity contribution >= 4 is 17.3 Å². The molecule has 0 aliphatic carbocycles. The molecular formula is C23H18F3NO3. The van der Waals surface area contributed by atoms with E-state index in [-0.39, 0.29) is 18.4 Å². The second kappa shape index (κ2) is 8.20. The van der Waals surface area contributed by atoms with E-state index < -0.39 is 23.4 Å². The summed E-state index contributed by atoms with van der Waals surface area (Å²) in [7, 11) is 0. The molecule has 0 N–H and O–H groups in total. The lowest BCUT2D eigenvalue weighted by Crippen LogP contribution is -2.27. The fourth-order valence-electron chi connectivity index (χ4n) is 3.07. The number of rotatable bonds is 6. The van der Waals surface area contributed by atoms with E-state index in [0.29, 0.717) is 17.9 Å². The van der Waals surface area contributed by atoms with Gasteiger partial charge in [-0.05, 0) is 36.4 Å². The maximum atomic E-state index is 13.7. The second-order valence-electron chi connectivity index (χ2n) is 6.76. The summed E-state index contributed by atoms with van der Waals surface area (Å²) in [6, 6.07) is 20.6. The number of carbonyl (C=O) groups is 1. The van der Waals surface area contributed by atoms with Gasteiger partial charge < -0.3 is 9.47 Å². The summed E-state index contributed by atoms with van der Waals surface area (Å²) in [4.78, 5) is 14.6. The summed E-state index contributed by atoms with van der Waals surface area (Å²) in [6.45, 7) is 0.414. The van der Waals surface area contributed by atoms with Crippen molar-refractivity contribution in [3.63, 3.8) is 0 Å². The first kappa shape index (κ1) is 20.0. The number of halogens is 3. The highest BCUT2D eigenvalue weighted by Gasteiger charge is 2.38. The van der Waals surface area contributed by atoms with Gasteiger partial charge >= 0.3 is 6.18 Å². The number of hydrogen-bond acceptors (Lipinski definition) is 3. The van der Waals surface area contributed by atoms with Crippen LogP contribution >= 0.6 is 0 Å². The minimum absolute atomic E-state index is 0.0190. The summed E-state index contributed by atoms with van der Waals surface area (Å²) in [5.41, 5.74) is -0.151. The van der Waals surface area contributed by atoms with Gasteiger partial charge in [0.05, 0.1) is 17.9 Å². The molecule has 154 valence electrons. The molecule has 1 saturated heterocycles. The van der Waals surface area contributed by atoms with Crippen LogP contribution in [0.2, 0.25) is 0 Å². The summed E-state index contributed by atoms with van der Waals surface area (Å²) in [5.74, 6) is -0.859. The van der Waals surface area contributed by atoms with E-state index in [1.807, 2.05) is 0 Å². The average molecular weight is 413 g/mol. The van der Waals surface area contributed by atoms with Gasteiger partial charge in [-0.3, -0.25) is 9.69 Å². The molecule has 4 rings (SSSR count). The van der Waals surface area contributed by atoms with Crippen molar-refractivity contribution in [1.29, 1.82) is 0 Å². The molecule has 3 aromatic carbocycles. The Labute approximate surface area is 171 Å². The number of epoxide rings is 1. The molecule has 1 aliphatic rings. The molecule has 1 atom stereocenters. The van der Waals surface area contributed by atoms with Gasteiger partial charge in [-0.15, -0.1) is 0 Å². The Bertz CT molecular complexity index is 1020. The van der Waals surface area contributed by atoms with E-state index in [0.717, 1.165) is 6.07 Å². The Kier molecular flexibility index (Phi) is 5.46. The van der Waals surface area contributed by atoms with Gasteiger partial charge in [0.1, 0.15) is 12.7 Å². The molecule has 30 heavy (non-hydrogen) atoms. The maximum absolute atomic E-state index is 13.7. The van der Waals surface area contributed by atoms with Gasteiger partial charge in [0.2, 0.25) is 0 Å². The van der Waals surface area contributed by atoms with Crippen molar-refractivity contribution in [2.45, 2.75) is 12.3 Å². The lowest BCUT2D eigenvalue weighted by atomic mass is 10.1. The number of amides is 1. The van der Waals surface area contributed by atoms with Crippen LogP contribution in [0, 0.1) is 0 Å². The smallest absolute Gasteiger partial charge is 0.420 e. The molecule has 1 aliphatic heterocycles. The predicted octanol–water partition coefficient (Wildman–Crippen LogP) is 5.46. The maximum Gasteiger partial charge on any atom is 0.420 e. The van der Waals surface area contributed by atoms with Gasteiger partial charge in [-0.1, -0.05) is 42.5 Å². The van der Waals surface area contributed by atoms with Crippen LogP contribution in [0.3, 0.4) is 0 Å². The largest absolute Gasteiger partial charge is 0.488 e. The lowest BCUT2D eigenvalue weighted by Gasteiger charge is -2.27. The highest BCUT2D eigenvalue weighted by molar-refractivity contribution is 6.11. The molecule has 1 amide bonds. The van der Waals surface area contributed by atoms with Crippen LogP contribution in [0.5, 0.6) is 5.75 Å². The van der Waals surface area contributed by atoms with Gasteiger partial charge in [-0.2, -0.15) is 13.2 Å². The molecule has 1 unspecified atom stereocenters. The van der Waals surface area contributed by atoms with E-state index in [9.17, 15) is 18.0 Å². The minimum Gasteiger partial charge on any atom is -0.488 e. The number of nitrogens with zero attached hydrogens (tertiary/aromatic N) is 1. The highest BCUT2D eigenvalue weighted by Crippen LogP contribution is 2.44. The Morgan fingerprint density at radius 1 is 0.967 bits per heavy atom. The summed E-state index contributed by atoms with van der Waals surface area (Å²) < 4.78 is 51.9. The third kappa shape index (κ3) is 4.31. The Balaban J connectivity index is 1.86. The normalized spacial score (nSPS) is 15.5. The molecule has 1 fully saturated rings. The molecular weight excluding hydrogens is 395 g/mol. The van der Waals surface area contributed by atoms with Crippen LogP contribution in [0.15, 0.2) is 78.9 Å². The number of alkyl halides is 3. The van der Waals surface area contributed by atoms with Crippen molar-refractivity contribution in [2.75, 3.05) is 18.1 Å². The molecule has 0 spiro atoms. The monoisotopic (exact) mass is 413 g/mol. The van der Waals surface area contributed by atoms with Crippen molar-refractivity contribution in [1.82, 2.24) is 0 Å². The molecule has 0 aromatic heterocycles. The SMILES string of the molecule is O=C(c1ccccc1)N(c1ccccc1)c1cccc(C(F)(F)F)c1OCC1CO1. The fourth-order valence-corrected chi connectivity index (χ4v) is 3.07. The van der Waals surface area contributed by atoms with E-state index in [2.05, 4.69) is 0 Å². The van der Waals surface area contributed by atoms with Crippen molar-refractivity contribution < 1.29 is 27.4 Å². The zero-order valence-corrected chi connectivity index (χ0v) is 15.8. The summed E-state index contributed by atoms with van der Waals surface area (Å²) >= 11 is 0. The number of para-hydroxylation sites is 2. The number of benzene rings is 3. The van der Waals surface area contributed by atoms with Crippen LogP contribution in [-0.4, -0.2) is 25.2 Å². The average Bonchev–Trinajstić information content (AvgIpc) is 3.58. The number of hydrogen-bond donors (Lipinski definition) is 0. The first-order valence-electron chi connectivity index (χ1n) is 9.34. The van der Waals surface area contributed by atoms with Crippen LogP contribution in [0.1, 0.15) is 15.9 Å². The zero-order valence-electron chi connectivity index (χ0n) is 15.8. The quantitative estimate of drug-likeness (QED) is 0.504. The third-order valence-electron chi connectivity index (χ3n) is 4.59. The molecule has 1 heterocycles. The number of carbonyl (C=O) groups excluding carboxylic acids is 1. The standard InChI is InChI=1S/C23H18F3NO3/c24-23(25,26)19-12-7-13-20(21(19)30-15-18-14-29-18)27(17-10-5-2-6-11-17)22(28)16-8-3-1-4-9-16/h1-13,18H,14-15H2. The molecule has 0 saturated carbocycles. The van der Waals surface area contributed by atoms with Crippen molar-refractivity contribution in [3.05, 3.63) is 90.0 Å². The first-order valence-corrected chi connectivity index (χ1v) is 9.34. The Morgan fingerprint density at radius 3 is 2.20 bits per heavy atom.